The highest BCUT2D eigenvalue weighted by Gasteiger charge is 2.16. The van der Waals surface area contributed by atoms with Gasteiger partial charge in [-0.2, -0.15) is 0 Å². The fourth-order valence-electron chi connectivity index (χ4n) is 1.05. The lowest BCUT2D eigenvalue weighted by Crippen LogP contribution is -2.01. The molecule has 0 aromatic heterocycles. The molecule has 0 aromatic carbocycles. The minimum absolute atomic E-state index is 0.0926. The summed E-state index contributed by atoms with van der Waals surface area (Å²) < 4.78 is 0. The number of ketones is 1. The SMILES string of the molecule is O=C1CC=NC=C2C=NC=C12. The molecule has 0 atom stereocenters. The minimum Gasteiger partial charge on any atom is -0.294 e. The Kier molecular flexibility index (Phi) is 1.28. The number of Topliss-reactive ketones (excluding diaryl/α,β-unsaturated/α-hetero) is 1. The van der Waals surface area contributed by atoms with E-state index in [1.807, 2.05) is 0 Å². The Bertz CT molecular complexity index is 321. The molecule has 0 radical (unpaired) electrons. The average molecular weight is 146 g/mol. The van der Waals surface area contributed by atoms with Crippen molar-refractivity contribution >= 4 is 18.2 Å². The average Bonchev–Trinajstić information content (AvgIpc) is 2.40. The van der Waals surface area contributed by atoms with Crippen molar-refractivity contribution < 1.29 is 4.79 Å². The lowest BCUT2D eigenvalue weighted by Gasteiger charge is -1.94. The Morgan fingerprint density at radius 3 is 3.09 bits per heavy atom. The highest BCUT2D eigenvalue weighted by atomic mass is 16.1. The summed E-state index contributed by atoms with van der Waals surface area (Å²) in [6.07, 6.45) is 6.89. The smallest absolute Gasteiger partial charge is 0.170 e. The van der Waals surface area contributed by atoms with Gasteiger partial charge >= 0.3 is 0 Å². The molecule has 0 aliphatic carbocycles. The van der Waals surface area contributed by atoms with Gasteiger partial charge in [0.1, 0.15) is 0 Å². The van der Waals surface area contributed by atoms with E-state index in [1.165, 1.54) is 0 Å². The number of aliphatic imine (C=N–C) groups is 2. The van der Waals surface area contributed by atoms with E-state index in [4.69, 9.17) is 0 Å². The van der Waals surface area contributed by atoms with Crippen LogP contribution in [0.2, 0.25) is 0 Å². The molecule has 0 aromatic rings. The predicted octanol–water partition coefficient (Wildman–Crippen LogP) is 0.882. The summed E-state index contributed by atoms with van der Waals surface area (Å²) in [7, 11) is 0. The number of hydrogen-bond acceptors (Lipinski definition) is 3. The Labute approximate surface area is 63.9 Å². The van der Waals surface area contributed by atoms with E-state index in [0.717, 1.165) is 5.57 Å². The molecule has 3 heteroatoms. The predicted molar refractivity (Wildman–Crippen MR) is 42.8 cm³/mol. The van der Waals surface area contributed by atoms with Crippen LogP contribution in [-0.2, 0) is 4.79 Å². The van der Waals surface area contributed by atoms with Gasteiger partial charge in [0.25, 0.3) is 0 Å². The maximum atomic E-state index is 11.2. The van der Waals surface area contributed by atoms with Gasteiger partial charge in [-0.05, 0) is 0 Å². The third-order valence-electron chi connectivity index (χ3n) is 1.62. The summed E-state index contributed by atoms with van der Waals surface area (Å²) in [4.78, 5) is 19.0. The van der Waals surface area contributed by atoms with Crippen LogP contribution in [0.5, 0.6) is 0 Å². The summed E-state index contributed by atoms with van der Waals surface area (Å²) in [6.45, 7) is 0. The topological polar surface area (TPSA) is 41.8 Å². The molecule has 0 saturated carbocycles. The highest BCUT2D eigenvalue weighted by Crippen LogP contribution is 2.17. The third-order valence-corrected chi connectivity index (χ3v) is 1.62. The molecule has 0 amide bonds. The molecule has 2 heterocycles. The van der Waals surface area contributed by atoms with Crippen molar-refractivity contribution in [3.63, 3.8) is 0 Å². The van der Waals surface area contributed by atoms with Crippen LogP contribution in [0.15, 0.2) is 33.5 Å². The van der Waals surface area contributed by atoms with E-state index in [0.29, 0.717) is 12.0 Å². The second kappa shape index (κ2) is 2.27. The number of carbonyl (C=O) groups is 1. The molecule has 2 aliphatic rings. The number of rotatable bonds is 0. The van der Waals surface area contributed by atoms with Gasteiger partial charge in [-0.3, -0.25) is 14.8 Å². The van der Waals surface area contributed by atoms with Crippen molar-refractivity contribution in [3.05, 3.63) is 23.5 Å². The Morgan fingerprint density at radius 1 is 1.27 bits per heavy atom. The zero-order valence-electron chi connectivity index (χ0n) is 5.82. The van der Waals surface area contributed by atoms with E-state index in [2.05, 4.69) is 9.98 Å². The Hall–Kier alpha value is -1.51. The van der Waals surface area contributed by atoms with Crippen molar-refractivity contribution in [3.8, 4) is 0 Å². The maximum Gasteiger partial charge on any atom is 0.170 e. The van der Waals surface area contributed by atoms with Gasteiger partial charge in [0.05, 0.1) is 0 Å². The molecule has 0 bridgehead atoms. The Balaban J connectivity index is 2.47. The van der Waals surface area contributed by atoms with E-state index >= 15 is 0 Å². The first-order valence-electron chi connectivity index (χ1n) is 3.36. The van der Waals surface area contributed by atoms with Gasteiger partial charge < -0.3 is 0 Å². The number of carbonyl (C=O) groups excluding carboxylic acids is 1. The van der Waals surface area contributed by atoms with E-state index in [-0.39, 0.29) is 5.78 Å². The van der Waals surface area contributed by atoms with Crippen molar-refractivity contribution in [2.75, 3.05) is 0 Å². The molecule has 11 heavy (non-hydrogen) atoms. The second-order valence-electron chi connectivity index (χ2n) is 2.36. The van der Waals surface area contributed by atoms with E-state index in [1.54, 1.807) is 24.8 Å². The van der Waals surface area contributed by atoms with Crippen LogP contribution < -0.4 is 0 Å². The van der Waals surface area contributed by atoms with Gasteiger partial charge in [-0.15, -0.1) is 0 Å². The van der Waals surface area contributed by atoms with Gasteiger partial charge in [0, 0.05) is 42.4 Å². The van der Waals surface area contributed by atoms with Gasteiger partial charge in [-0.1, -0.05) is 0 Å². The molecule has 0 spiro atoms. The van der Waals surface area contributed by atoms with Gasteiger partial charge in [0.15, 0.2) is 5.78 Å². The van der Waals surface area contributed by atoms with Gasteiger partial charge in [-0.25, -0.2) is 0 Å². The molecule has 0 fully saturated rings. The maximum absolute atomic E-state index is 11.2. The largest absolute Gasteiger partial charge is 0.294 e. The first-order chi connectivity index (χ1) is 5.38. The molecule has 0 unspecified atom stereocenters. The van der Waals surface area contributed by atoms with Crippen molar-refractivity contribution in [2.45, 2.75) is 6.42 Å². The summed E-state index contributed by atoms with van der Waals surface area (Å²) in [5.74, 6) is 0.0926. The normalized spacial score (nSPS) is 20.9. The van der Waals surface area contributed by atoms with E-state index < -0.39 is 0 Å². The summed E-state index contributed by atoms with van der Waals surface area (Å²) in [5, 5.41) is 0. The molecular weight excluding hydrogens is 140 g/mol. The fraction of sp³-hybridized carbons (Fsp3) is 0.125. The molecular formula is C8H6N2O. The zero-order chi connectivity index (χ0) is 7.68. The quantitative estimate of drug-likeness (QED) is 0.500. The lowest BCUT2D eigenvalue weighted by molar-refractivity contribution is -0.114. The fourth-order valence-corrected chi connectivity index (χ4v) is 1.05. The van der Waals surface area contributed by atoms with Gasteiger partial charge in [0.2, 0.25) is 0 Å². The van der Waals surface area contributed by atoms with Crippen molar-refractivity contribution in [1.82, 2.24) is 0 Å². The minimum atomic E-state index is 0.0926. The second-order valence-corrected chi connectivity index (χ2v) is 2.36. The summed E-state index contributed by atoms with van der Waals surface area (Å²) in [5.41, 5.74) is 1.51. The van der Waals surface area contributed by atoms with Crippen LogP contribution in [0.1, 0.15) is 6.42 Å². The molecule has 0 saturated heterocycles. The third kappa shape index (κ3) is 0.941. The van der Waals surface area contributed by atoms with E-state index in [9.17, 15) is 4.79 Å². The van der Waals surface area contributed by atoms with Crippen molar-refractivity contribution in [1.29, 1.82) is 0 Å². The molecule has 54 valence electrons. The standard InChI is InChI=1S/C8H6N2O/c11-8-1-2-9-3-6-4-10-5-7(6)8/h2-5H,1H2. The van der Waals surface area contributed by atoms with Crippen molar-refractivity contribution in [2.24, 2.45) is 9.98 Å². The highest BCUT2D eigenvalue weighted by molar-refractivity contribution is 6.13. The van der Waals surface area contributed by atoms with Crippen LogP contribution in [0.25, 0.3) is 0 Å². The number of fused-ring (bicyclic) bond motifs is 1. The summed E-state index contributed by atoms with van der Waals surface area (Å²) in [6, 6.07) is 0. The monoisotopic (exact) mass is 146 g/mol. The number of allylic oxidation sites excluding steroid dienone is 2. The van der Waals surface area contributed by atoms with Crippen LogP contribution in [0.4, 0.5) is 0 Å². The van der Waals surface area contributed by atoms with Crippen LogP contribution >= 0.6 is 0 Å². The summed E-state index contributed by atoms with van der Waals surface area (Å²) >= 11 is 0. The first-order valence-corrected chi connectivity index (χ1v) is 3.36. The number of nitrogens with zero attached hydrogens (tertiary/aromatic N) is 2. The van der Waals surface area contributed by atoms with Crippen LogP contribution in [0.3, 0.4) is 0 Å². The molecule has 0 N–H and O–H groups in total. The number of hydrogen-bond donors (Lipinski definition) is 0. The first kappa shape index (κ1) is 6.22. The Morgan fingerprint density at radius 2 is 2.18 bits per heavy atom. The van der Waals surface area contributed by atoms with Crippen LogP contribution in [-0.4, -0.2) is 18.2 Å². The molecule has 2 aliphatic heterocycles. The molecule has 2 rings (SSSR count). The van der Waals surface area contributed by atoms with Crippen LogP contribution in [0, 0.1) is 0 Å². The molecule has 3 nitrogen and oxygen atoms in total. The lowest BCUT2D eigenvalue weighted by atomic mass is 10.1. The zero-order valence-corrected chi connectivity index (χ0v) is 5.82.